The van der Waals surface area contributed by atoms with Crippen LogP contribution in [0.15, 0.2) is 41.8 Å². The second kappa shape index (κ2) is 7.88. The summed E-state index contributed by atoms with van der Waals surface area (Å²) in [6.45, 7) is 3.73. The van der Waals surface area contributed by atoms with Gasteiger partial charge in [0.1, 0.15) is 0 Å². The topological polar surface area (TPSA) is 68.3 Å². The van der Waals surface area contributed by atoms with Crippen molar-refractivity contribution in [2.75, 3.05) is 7.11 Å². The molecule has 0 aliphatic rings. The van der Waals surface area contributed by atoms with Gasteiger partial charge in [0.15, 0.2) is 5.54 Å². The number of esters is 1. The number of benzene rings is 1. The zero-order chi connectivity index (χ0) is 17.6. The predicted molar refractivity (Wildman–Crippen MR) is 94.5 cm³/mol. The van der Waals surface area contributed by atoms with Crippen LogP contribution in [-0.4, -0.2) is 24.0 Å². The van der Waals surface area contributed by atoms with E-state index in [-0.39, 0.29) is 5.91 Å². The van der Waals surface area contributed by atoms with Gasteiger partial charge in [-0.3, -0.25) is 4.79 Å². The van der Waals surface area contributed by atoms with Crippen LogP contribution in [0.4, 0.5) is 0 Å². The Balaban J connectivity index is 2.26. The highest BCUT2D eigenvalue weighted by atomic mass is 32.1. The van der Waals surface area contributed by atoms with Crippen LogP contribution in [0.25, 0.3) is 6.08 Å². The van der Waals surface area contributed by atoms with Crippen molar-refractivity contribution < 1.29 is 14.3 Å². The number of carbonyl (C=O) groups excluding carboxylic acids is 2. The molecule has 1 N–H and O–H groups in total. The van der Waals surface area contributed by atoms with Gasteiger partial charge in [-0.2, -0.15) is 0 Å². The lowest BCUT2D eigenvalue weighted by Crippen LogP contribution is -2.51. The van der Waals surface area contributed by atoms with Crippen LogP contribution in [0, 0.1) is 6.92 Å². The fraction of sp³-hybridized carbons (Fsp3) is 0.278. The van der Waals surface area contributed by atoms with Crippen molar-refractivity contribution in [2.45, 2.75) is 25.8 Å². The number of ether oxygens (including phenoxy) is 1. The molecule has 5 nitrogen and oxygen atoms in total. The number of methoxy groups -OCH3 is 1. The number of hydrogen-bond acceptors (Lipinski definition) is 5. The van der Waals surface area contributed by atoms with Crippen LogP contribution in [-0.2, 0) is 19.9 Å². The fourth-order valence-electron chi connectivity index (χ4n) is 2.44. The number of nitrogens with zero attached hydrogens (tertiary/aromatic N) is 1. The normalized spacial score (nSPS) is 13.5. The summed E-state index contributed by atoms with van der Waals surface area (Å²) in [5.41, 5.74) is 0.188. The molecule has 0 radical (unpaired) electrons. The van der Waals surface area contributed by atoms with E-state index in [4.69, 9.17) is 4.74 Å². The minimum Gasteiger partial charge on any atom is -0.467 e. The lowest BCUT2D eigenvalue weighted by Gasteiger charge is -2.31. The second-order valence-corrected chi connectivity index (χ2v) is 6.29. The molecule has 0 saturated carbocycles. The van der Waals surface area contributed by atoms with Gasteiger partial charge in [0, 0.05) is 11.5 Å². The number of carbonyl (C=O) groups is 2. The quantitative estimate of drug-likeness (QED) is 0.646. The molecule has 0 saturated heterocycles. The number of nitrogens with one attached hydrogen (secondary N) is 1. The van der Waals surface area contributed by atoms with Crippen molar-refractivity contribution in [3.8, 4) is 0 Å². The number of thiazole rings is 1. The number of aromatic nitrogens is 1. The first-order valence-corrected chi connectivity index (χ1v) is 8.46. The van der Waals surface area contributed by atoms with E-state index >= 15 is 0 Å². The molecule has 1 aromatic carbocycles. The molecule has 0 bridgehead atoms. The summed E-state index contributed by atoms with van der Waals surface area (Å²) in [7, 11) is 1.32. The Bertz CT molecular complexity index is 740. The standard InChI is InChI=1S/C18H20N2O3S/c1-4-18(17(22)23-3,14-8-6-5-7-9-14)20-16(21)11-10-15-12-24-13(2)19-15/h5-12H,4H2,1-3H3,(H,20,21)/b11-10+/t18-/m0/s1. The van der Waals surface area contributed by atoms with Gasteiger partial charge in [0.25, 0.3) is 0 Å². The second-order valence-electron chi connectivity index (χ2n) is 5.23. The van der Waals surface area contributed by atoms with Crippen LogP contribution in [0.3, 0.4) is 0 Å². The molecule has 2 rings (SSSR count). The number of amides is 1. The smallest absolute Gasteiger partial charge is 0.336 e. The van der Waals surface area contributed by atoms with Crippen molar-refractivity contribution >= 4 is 29.3 Å². The summed E-state index contributed by atoms with van der Waals surface area (Å²) in [5, 5.41) is 5.59. The van der Waals surface area contributed by atoms with E-state index in [1.807, 2.05) is 37.4 Å². The highest BCUT2D eigenvalue weighted by molar-refractivity contribution is 7.09. The van der Waals surface area contributed by atoms with E-state index in [2.05, 4.69) is 10.3 Å². The van der Waals surface area contributed by atoms with Gasteiger partial charge in [-0.25, -0.2) is 9.78 Å². The summed E-state index contributed by atoms with van der Waals surface area (Å²) in [6, 6.07) is 9.10. The van der Waals surface area contributed by atoms with Crippen LogP contribution >= 0.6 is 11.3 Å². The van der Waals surface area contributed by atoms with Gasteiger partial charge in [-0.05, 0) is 25.0 Å². The SMILES string of the molecule is CC[C@@](NC(=O)/C=C/c1csc(C)n1)(C(=O)OC)c1ccccc1. The maximum atomic E-state index is 12.4. The van der Waals surface area contributed by atoms with E-state index in [1.165, 1.54) is 24.5 Å². The van der Waals surface area contributed by atoms with E-state index in [1.54, 1.807) is 18.2 Å². The highest BCUT2D eigenvalue weighted by Crippen LogP contribution is 2.26. The largest absolute Gasteiger partial charge is 0.467 e. The minimum atomic E-state index is -1.21. The number of hydrogen-bond donors (Lipinski definition) is 1. The van der Waals surface area contributed by atoms with Gasteiger partial charge in [-0.15, -0.1) is 11.3 Å². The molecule has 6 heteroatoms. The van der Waals surface area contributed by atoms with Crippen molar-refractivity contribution in [3.63, 3.8) is 0 Å². The first-order valence-electron chi connectivity index (χ1n) is 7.58. The molecular formula is C18H20N2O3S. The Labute approximate surface area is 145 Å². The maximum Gasteiger partial charge on any atom is 0.336 e. The number of aryl methyl sites for hydroxylation is 1. The first kappa shape index (κ1) is 17.9. The summed E-state index contributed by atoms with van der Waals surface area (Å²) in [4.78, 5) is 29.0. The number of rotatable bonds is 6. The average Bonchev–Trinajstić information content (AvgIpc) is 3.03. The van der Waals surface area contributed by atoms with Crippen LogP contribution < -0.4 is 5.32 Å². The Hall–Kier alpha value is -2.47. The Morgan fingerprint density at radius 2 is 2.04 bits per heavy atom. The summed E-state index contributed by atoms with van der Waals surface area (Å²) in [6.07, 6.45) is 3.38. The van der Waals surface area contributed by atoms with Gasteiger partial charge >= 0.3 is 5.97 Å². The average molecular weight is 344 g/mol. The van der Waals surface area contributed by atoms with Gasteiger partial charge in [0.05, 0.1) is 17.8 Å². The third-order valence-electron chi connectivity index (χ3n) is 3.71. The zero-order valence-corrected chi connectivity index (χ0v) is 14.7. The van der Waals surface area contributed by atoms with E-state index in [0.717, 1.165) is 5.01 Å². The molecule has 0 aliphatic carbocycles. The van der Waals surface area contributed by atoms with Gasteiger partial charge in [0.2, 0.25) is 5.91 Å². The van der Waals surface area contributed by atoms with Crippen molar-refractivity contribution in [2.24, 2.45) is 0 Å². The van der Waals surface area contributed by atoms with Crippen molar-refractivity contribution in [1.29, 1.82) is 0 Å². The predicted octanol–water partition coefficient (Wildman–Crippen LogP) is 3.06. The molecule has 0 spiro atoms. The van der Waals surface area contributed by atoms with Crippen molar-refractivity contribution in [1.82, 2.24) is 10.3 Å². The molecular weight excluding hydrogens is 324 g/mol. The molecule has 0 aliphatic heterocycles. The monoisotopic (exact) mass is 344 g/mol. The molecule has 0 fully saturated rings. The lowest BCUT2D eigenvalue weighted by atomic mass is 9.87. The first-order chi connectivity index (χ1) is 11.5. The molecule has 1 amide bonds. The summed E-state index contributed by atoms with van der Waals surface area (Å²) >= 11 is 1.51. The van der Waals surface area contributed by atoms with E-state index in [9.17, 15) is 9.59 Å². The van der Waals surface area contributed by atoms with Crippen LogP contribution in [0.1, 0.15) is 29.6 Å². The third kappa shape index (κ3) is 3.89. The summed E-state index contributed by atoms with van der Waals surface area (Å²) < 4.78 is 4.94. The molecule has 1 atom stereocenters. The Morgan fingerprint density at radius 3 is 2.58 bits per heavy atom. The van der Waals surface area contributed by atoms with Crippen LogP contribution in [0.5, 0.6) is 0 Å². The fourth-order valence-corrected chi connectivity index (χ4v) is 3.03. The van der Waals surface area contributed by atoms with E-state index in [0.29, 0.717) is 17.7 Å². The molecule has 2 aromatic rings. The van der Waals surface area contributed by atoms with Gasteiger partial charge < -0.3 is 10.1 Å². The van der Waals surface area contributed by atoms with E-state index < -0.39 is 11.5 Å². The Morgan fingerprint density at radius 1 is 1.33 bits per heavy atom. The highest BCUT2D eigenvalue weighted by Gasteiger charge is 2.40. The van der Waals surface area contributed by atoms with Crippen molar-refractivity contribution in [3.05, 3.63) is 58.1 Å². The molecule has 1 aromatic heterocycles. The minimum absolute atomic E-state index is 0.374. The lowest BCUT2D eigenvalue weighted by molar-refractivity contribution is -0.151. The maximum absolute atomic E-state index is 12.4. The zero-order valence-electron chi connectivity index (χ0n) is 13.9. The Kier molecular flexibility index (Phi) is 5.87. The summed E-state index contributed by atoms with van der Waals surface area (Å²) in [5.74, 6) is -0.876. The van der Waals surface area contributed by atoms with Gasteiger partial charge in [-0.1, -0.05) is 37.3 Å². The molecule has 24 heavy (non-hydrogen) atoms. The molecule has 1 heterocycles. The molecule has 0 unspecified atom stereocenters. The third-order valence-corrected chi connectivity index (χ3v) is 4.50. The van der Waals surface area contributed by atoms with Crippen LogP contribution in [0.2, 0.25) is 0 Å². The molecule has 126 valence electrons.